The summed E-state index contributed by atoms with van der Waals surface area (Å²) in [5, 5.41) is 14.0. The average Bonchev–Trinajstić information content (AvgIpc) is 2.94. The van der Waals surface area contributed by atoms with E-state index >= 15 is 0 Å². The molecule has 1 aliphatic carbocycles. The van der Waals surface area contributed by atoms with Gasteiger partial charge in [-0.05, 0) is 31.2 Å². The smallest absolute Gasteiger partial charge is 0.314 e. The summed E-state index contributed by atoms with van der Waals surface area (Å²) in [5.74, 6) is 0.387. The third-order valence-corrected chi connectivity index (χ3v) is 3.09. The second-order valence-corrected chi connectivity index (χ2v) is 4.75. The van der Waals surface area contributed by atoms with E-state index in [1.807, 2.05) is 0 Å². The summed E-state index contributed by atoms with van der Waals surface area (Å²) in [6.45, 7) is 4.65. The number of aromatic nitrogens is 1. The summed E-state index contributed by atoms with van der Waals surface area (Å²) in [5.41, 5.74) is 1.04. The van der Waals surface area contributed by atoms with Gasteiger partial charge in [0, 0.05) is 18.3 Å². The molecule has 0 bridgehead atoms. The first-order chi connectivity index (χ1) is 7.52. The normalized spacial score (nSPS) is 16.9. The summed E-state index contributed by atoms with van der Waals surface area (Å²) < 4.78 is 0. The number of nitrogens with zero attached hydrogens (tertiary/aromatic N) is 2. The van der Waals surface area contributed by atoms with E-state index in [4.69, 9.17) is 0 Å². The van der Waals surface area contributed by atoms with E-state index in [2.05, 4.69) is 17.2 Å². The van der Waals surface area contributed by atoms with Crippen molar-refractivity contribution in [2.24, 2.45) is 5.41 Å². The molecule has 2 rings (SSSR count). The Morgan fingerprint density at radius 1 is 1.62 bits per heavy atom. The molecule has 0 radical (unpaired) electrons. The zero-order chi connectivity index (χ0) is 11.8. The molecule has 1 N–H and O–H groups in total. The van der Waals surface area contributed by atoms with Gasteiger partial charge >= 0.3 is 5.69 Å². The second-order valence-electron chi connectivity index (χ2n) is 4.75. The van der Waals surface area contributed by atoms with Gasteiger partial charge in [-0.2, -0.15) is 0 Å². The fraction of sp³-hybridized carbons (Fsp3) is 0.545. The Balaban J connectivity index is 2.19. The van der Waals surface area contributed by atoms with Crippen LogP contribution in [0.15, 0.2) is 12.3 Å². The standard InChI is InChI=1S/C11H15N3O2/c1-8-3-6-12-10(9(8)14(15)16)13-7-11(2)4-5-11/h3,6H,4-5,7H2,1-2H3,(H,12,13). The fourth-order valence-corrected chi connectivity index (χ4v) is 1.60. The lowest BCUT2D eigenvalue weighted by atomic mass is 10.1. The van der Waals surface area contributed by atoms with E-state index in [-0.39, 0.29) is 10.6 Å². The quantitative estimate of drug-likeness (QED) is 0.626. The highest BCUT2D eigenvalue weighted by molar-refractivity contribution is 5.59. The third-order valence-electron chi connectivity index (χ3n) is 3.09. The van der Waals surface area contributed by atoms with Crippen LogP contribution in [0.5, 0.6) is 0 Å². The van der Waals surface area contributed by atoms with Gasteiger partial charge in [-0.1, -0.05) is 6.92 Å². The van der Waals surface area contributed by atoms with Gasteiger partial charge in [-0.3, -0.25) is 10.1 Å². The summed E-state index contributed by atoms with van der Waals surface area (Å²) in [7, 11) is 0. The van der Waals surface area contributed by atoms with E-state index in [9.17, 15) is 10.1 Å². The lowest BCUT2D eigenvalue weighted by molar-refractivity contribution is -0.384. The van der Waals surface area contributed by atoms with Gasteiger partial charge in [0.2, 0.25) is 5.82 Å². The molecular weight excluding hydrogens is 206 g/mol. The van der Waals surface area contributed by atoms with Gasteiger partial charge in [0.25, 0.3) is 0 Å². The van der Waals surface area contributed by atoms with Gasteiger partial charge in [0.1, 0.15) is 0 Å². The molecule has 0 unspecified atom stereocenters. The van der Waals surface area contributed by atoms with Crippen LogP contribution in [0, 0.1) is 22.5 Å². The predicted octanol–water partition coefficient (Wildman–Crippen LogP) is 2.51. The third kappa shape index (κ3) is 2.13. The number of rotatable bonds is 4. The minimum Gasteiger partial charge on any atom is -0.364 e. The molecule has 86 valence electrons. The van der Waals surface area contributed by atoms with E-state index in [0.29, 0.717) is 16.8 Å². The van der Waals surface area contributed by atoms with Crippen LogP contribution in [-0.4, -0.2) is 16.5 Å². The highest BCUT2D eigenvalue weighted by Crippen LogP contribution is 2.45. The molecule has 0 saturated heterocycles. The number of aryl methyl sites for hydroxylation is 1. The van der Waals surface area contributed by atoms with Crippen LogP contribution >= 0.6 is 0 Å². The number of hydrogen-bond acceptors (Lipinski definition) is 4. The summed E-state index contributed by atoms with van der Waals surface area (Å²) in [6.07, 6.45) is 3.96. The van der Waals surface area contributed by atoms with Crippen LogP contribution in [0.4, 0.5) is 11.5 Å². The Labute approximate surface area is 94.0 Å². The first kappa shape index (κ1) is 10.9. The molecular formula is C11H15N3O2. The molecule has 1 fully saturated rings. The van der Waals surface area contributed by atoms with E-state index in [1.165, 1.54) is 12.8 Å². The largest absolute Gasteiger partial charge is 0.364 e. The van der Waals surface area contributed by atoms with Crippen molar-refractivity contribution in [1.29, 1.82) is 0 Å². The van der Waals surface area contributed by atoms with Crippen molar-refractivity contribution in [2.45, 2.75) is 26.7 Å². The maximum Gasteiger partial charge on any atom is 0.314 e. The maximum absolute atomic E-state index is 10.9. The van der Waals surface area contributed by atoms with Crippen LogP contribution in [0.3, 0.4) is 0 Å². The van der Waals surface area contributed by atoms with Crippen molar-refractivity contribution >= 4 is 11.5 Å². The molecule has 5 heteroatoms. The van der Waals surface area contributed by atoms with Gasteiger partial charge in [-0.15, -0.1) is 0 Å². The minimum atomic E-state index is -0.375. The van der Waals surface area contributed by atoms with Crippen molar-refractivity contribution in [1.82, 2.24) is 4.98 Å². The molecule has 0 aromatic carbocycles. The molecule has 1 heterocycles. The first-order valence-electron chi connectivity index (χ1n) is 5.36. The lowest BCUT2D eigenvalue weighted by Gasteiger charge is -2.11. The Bertz CT molecular complexity index is 427. The van der Waals surface area contributed by atoms with Crippen LogP contribution in [-0.2, 0) is 0 Å². The number of pyridine rings is 1. The molecule has 0 amide bonds. The van der Waals surface area contributed by atoms with Crippen molar-refractivity contribution in [2.75, 3.05) is 11.9 Å². The van der Waals surface area contributed by atoms with Crippen LogP contribution in [0.1, 0.15) is 25.3 Å². The molecule has 1 aliphatic rings. The molecule has 5 nitrogen and oxygen atoms in total. The van der Waals surface area contributed by atoms with E-state index in [1.54, 1.807) is 19.2 Å². The number of hydrogen-bond donors (Lipinski definition) is 1. The molecule has 1 aromatic heterocycles. The molecule has 16 heavy (non-hydrogen) atoms. The van der Waals surface area contributed by atoms with Gasteiger partial charge in [0.15, 0.2) is 0 Å². The number of nitrogens with one attached hydrogen (secondary N) is 1. The van der Waals surface area contributed by atoms with E-state index in [0.717, 1.165) is 6.54 Å². The van der Waals surface area contributed by atoms with Gasteiger partial charge in [0.05, 0.1) is 4.92 Å². The average molecular weight is 221 g/mol. The Kier molecular flexibility index (Phi) is 2.53. The molecule has 1 aromatic rings. The van der Waals surface area contributed by atoms with Gasteiger partial charge < -0.3 is 5.32 Å². The van der Waals surface area contributed by atoms with Crippen molar-refractivity contribution in [3.8, 4) is 0 Å². The monoisotopic (exact) mass is 221 g/mol. The van der Waals surface area contributed by atoms with Crippen molar-refractivity contribution < 1.29 is 4.92 Å². The molecule has 0 atom stereocenters. The Morgan fingerprint density at radius 3 is 2.88 bits per heavy atom. The second kappa shape index (κ2) is 3.73. The molecule has 0 spiro atoms. The highest BCUT2D eigenvalue weighted by Gasteiger charge is 2.37. The number of nitro groups is 1. The summed E-state index contributed by atoms with van der Waals surface area (Å²) in [6, 6.07) is 1.65. The summed E-state index contributed by atoms with van der Waals surface area (Å²) in [4.78, 5) is 14.6. The van der Waals surface area contributed by atoms with Crippen LogP contribution in [0.2, 0.25) is 0 Å². The van der Waals surface area contributed by atoms with E-state index < -0.39 is 0 Å². The lowest BCUT2D eigenvalue weighted by Crippen LogP contribution is -2.14. The van der Waals surface area contributed by atoms with Crippen molar-refractivity contribution in [3.63, 3.8) is 0 Å². The molecule has 1 saturated carbocycles. The van der Waals surface area contributed by atoms with Gasteiger partial charge in [-0.25, -0.2) is 4.98 Å². The fourth-order valence-electron chi connectivity index (χ4n) is 1.60. The minimum absolute atomic E-state index is 0.0896. The highest BCUT2D eigenvalue weighted by atomic mass is 16.6. The zero-order valence-corrected chi connectivity index (χ0v) is 9.49. The Hall–Kier alpha value is -1.65. The zero-order valence-electron chi connectivity index (χ0n) is 9.49. The predicted molar refractivity (Wildman–Crippen MR) is 61.5 cm³/mol. The Morgan fingerprint density at radius 2 is 2.31 bits per heavy atom. The number of anilines is 1. The molecule has 0 aliphatic heterocycles. The topological polar surface area (TPSA) is 68.1 Å². The maximum atomic E-state index is 10.9. The summed E-state index contributed by atoms with van der Waals surface area (Å²) >= 11 is 0. The van der Waals surface area contributed by atoms with Crippen LogP contribution in [0.25, 0.3) is 0 Å². The van der Waals surface area contributed by atoms with Crippen molar-refractivity contribution in [3.05, 3.63) is 27.9 Å². The van der Waals surface area contributed by atoms with Crippen LogP contribution < -0.4 is 5.32 Å². The first-order valence-corrected chi connectivity index (χ1v) is 5.36. The SMILES string of the molecule is Cc1ccnc(NCC2(C)CC2)c1[N+](=O)[O-].